The van der Waals surface area contributed by atoms with E-state index in [1.54, 1.807) is 12.1 Å². The number of methoxy groups -OCH3 is 1. The van der Waals surface area contributed by atoms with Gasteiger partial charge in [0.1, 0.15) is 17.4 Å². The van der Waals surface area contributed by atoms with Gasteiger partial charge in [0.25, 0.3) is 5.95 Å². The highest BCUT2D eigenvalue weighted by Gasteiger charge is 2.24. The van der Waals surface area contributed by atoms with Crippen molar-refractivity contribution < 1.29 is 18.7 Å². The van der Waals surface area contributed by atoms with Crippen LogP contribution in [0.5, 0.6) is 5.95 Å². The highest BCUT2D eigenvalue weighted by Crippen LogP contribution is 2.27. The van der Waals surface area contributed by atoms with E-state index in [-0.39, 0.29) is 0 Å². The van der Waals surface area contributed by atoms with Crippen LogP contribution in [0.1, 0.15) is 43.7 Å². The number of hydrogen-bond donors (Lipinski definition) is 1. The van der Waals surface area contributed by atoms with Crippen LogP contribution >= 0.6 is 0 Å². The summed E-state index contributed by atoms with van der Waals surface area (Å²) in [5, 5.41) is 2.85. The number of aryl methyl sites for hydroxylation is 1. The summed E-state index contributed by atoms with van der Waals surface area (Å²) in [5.41, 5.74) is 1.48. The largest absolute Gasteiger partial charge is 0.468 e. The molecule has 0 spiro atoms. The van der Waals surface area contributed by atoms with Crippen molar-refractivity contribution in [3.8, 4) is 5.95 Å². The molecule has 2 aromatic rings. The third-order valence-electron chi connectivity index (χ3n) is 3.16. The molecular weight excluding hydrogens is 294 g/mol. The van der Waals surface area contributed by atoms with E-state index in [1.807, 2.05) is 52.0 Å². The third kappa shape index (κ3) is 4.77. The summed E-state index contributed by atoms with van der Waals surface area (Å²) in [7, 11) is 1.53. The molecule has 1 amide bonds. The molecule has 0 aliphatic heterocycles. The lowest BCUT2D eigenvalue weighted by molar-refractivity contribution is 0.0506. The van der Waals surface area contributed by atoms with Crippen LogP contribution in [0.3, 0.4) is 0 Å². The van der Waals surface area contributed by atoms with E-state index in [0.29, 0.717) is 11.7 Å². The molecule has 1 N–H and O–H groups in total. The van der Waals surface area contributed by atoms with Gasteiger partial charge < -0.3 is 19.2 Å². The smallest absolute Gasteiger partial charge is 0.408 e. The summed E-state index contributed by atoms with van der Waals surface area (Å²) in [6.45, 7) is 7.48. The first-order chi connectivity index (χ1) is 10.8. The first-order valence-corrected chi connectivity index (χ1v) is 7.48. The van der Waals surface area contributed by atoms with Crippen molar-refractivity contribution in [1.29, 1.82) is 0 Å². The number of nitrogens with one attached hydrogen (secondary N) is 1. The number of rotatable bonds is 4. The van der Waals surface area contributed by atoms with Crippen molar-refractivity contribution in [3.05, 3.63) is 53.3 Å². The van der Waals surface area contributed by atoms with Crippen LogP contribution in [-0.4, -0.2) is 18.8 Å². The molecule has 5 nitrogen and oxygen atoms in total. The fourth-order valence-corrected chi connectivity index (χ4v) is 2.10. The van der Waals surface area contributed by atoms with Gasteiger partial charge >= 0.3 is 6.09 Å². The number of alkyl carbamates (subject to hydrolysis) is 1. The number of ether oxygens (including phenoxy) is 2. The molecule has 0 fully saturated rings. The molecule has 0 saturated carbocycles. The van der Waals surface area contributed by atoms with Crippen molar-refractivity contribution in [3.63, 3.8) is 0 Å². The average molecular weight is 317 g/mol. The summed E-state index contributed by atoms with van der Waals surface area (Å²) in [6.07, 6.45) is -0.501. The number of carbonyl (C=O) groups is 1. The lowest BCUT2D eigenvalue weighted by atomic mass is 10.0. The van der Waals surface area contributed by atoms with Crippen molar-refractivity contribution in [2.45, 2.75) is 39.3 Å². The standard InChI is InChI=1S/C18H23NO4/c1-12-6-8-13(9-7-12)16(14-10-11-15(21-5)22-14)19-17(20)23-18(2,3)4/h6-11,16H,1-5H3,(H,19,20)/t16-/m1/s1. The molecule has 0 radical (unpaired) electrons. The van der Waals surface area contributed by atoms with Gasteiger partial charge in [0.15, 0.2) is 0 Å². The summed E-state index contributed by atoms with van der Waals surface area (Å²) in [6, 6.07) is 10.9. The van der Waals surface area contributed by atoms with E-state index in [4.69, 9.17) is 13.9 Å². The number of benzene rings is 1. The van der Waals surface area contributed by atoms with Crippen molar-refractivity contribution in [2.24, 2.45) is 0 Å². The van der Waals surface area contributed by atoms with Crippen molar-refractivity contribution in [1.82, 2.24) is 5.32 Å². The molecule has 124 valence electrons. The molecule has 2 rings (SSSR count). The van der Waals surface area contributed by atoms with Crippen LogP contribution in [0.2, 0.25) is 0 Å². The van der Waals surface area contributed by atoms with E-state index in [0.717, 1.165) is 11.1 Å². The highest BCUT2D eigenvalue weighted by atomic mass is 16.6. The summed E-state index contributed by atoms with van der Waals surface area (Å²) in [5.74, 6) is 0.972. The van der Waals surface area contributed by atoms with Crippen LogP contribution < -0.4 is 10.1 Å². The maximum Gasteiger partial charge on any atom is 0.408 e. The second-order valence-electron chi connectivity index (χ2n) is 6.35. The Kier molecular flexibility index (Phi) is 4.98. The zero-order valence-electron chi connectivity index (χ0n) is 14.2. The molecule has 1 aromatic carbocycles. The van der Waals surface area contributed by atoms with E-state index in [9.17, 15) is 4.79 Å². The lowest BCUT2D eigenvalue weighted by Crippen LogP contribution is -2.35. The minimum atomic E-state index is -0.567. The minimum absolute atomic E-state index is 0.392. The molecule has 1 heterocycles. The van der Waals surface area contributed by atoms with Crippen LogP contribution in [0, 0.1) is 6.92 Å². The fourth-order valence-electron chi connectivity index (χ4n) is 2.10. The summed E-state index contributed by atoms with van der Waals surface area (Å²) < 4.78 is 16.0. The Hall–Kier alpha value is -2.43. The second-order valence-corrected chi connectivity index (χ2v) is 6.35. The van der Waals surface area contributed by atoms with Gasteiger partial charge in [-0.2, -0.15) is 0 Å². The van der Waals surface area contributed by atoms with Gasteiger partial charge in [-0.15, -0.1) is 0 Å². The molecule has 0 unspecified atom stereocenters. The Morgan fingerprint density at radius 1 is 1.13 bits per heavy atom. The van der Waals surface area contributed by atoms with Gasteiger partial charge in [0, 0.05) is 6.07 Å². The highest BCUT2D eigenvalue weighted by molar-refractivity contribution is 5.69. The van der Waals surface area contributed by atoms with E-state index < -0.39 is 17.7 Å². The minimum Gasteiger partial charge on any atom is -0.468 e. The van der Waals surface area contributed by atoms with E-state index >= 15 is 0 Å². The molecule has 5 heteroatoms. The van der Waals surface area contributed by atoms with Crippen LogP contribution in [0.15, 0.2) is 40.8 Å². The Labute approximate surface area is 136 Å². The quantitative estimate of drug-likeness (QED) is 0.917. The first-order valence-electron chi connectivity index (χ1n) is 7.48. The maximum absolute atomic E-state index is 12.2. The lowest BCUT2D eigenvalue weighted by Gasteiger charge is -2.23. The monoisotopic (exact) mass is 317 g/mol. The zero-order valence-corrected chi connectivity index (χ0v) is 14.2. The zero-order chi connectivity index (χ0) is 17.0. The summed E-state index contributed by atoms with van der Waals surface area (Å²) in [4.78, 5) is 12.2. The molecule has 1 atom stereocenters. The van der Waals surface area contributed by atoms with Crippen LogP contribution in [-0.2, 0) is 4.74 Å². The third-order valence-corrected chi connectivity index (χ3v) is 3.16. The van der Waals surface area contributed by atoms with Gasteiger partial charge in [0.2, 0.25) is 0 Å². The van der Waals surface area contributed by atoms with E-state index in [2.05, 4.69) is 5.32 Å². The van der Waals surface area contributed by atoms with Gasteiger partial charge in [-0.1, -0.05) is 29.8 Å². The van der Waals surface area contributed by atoms with Crippen LogP contribution in [0.25, 0.3) is 0 Å². The Morgan fingerprint density at radius 3 is 2.30 bits per heavy atom. The SMILES string of the molecule is COc1ccc([C@H](NC(=O)OC(C)(C)C)c2ccc(C)cc2)o1. The number of carbonyl (C=O) groups excluding carboxylic acids is 1. The maximum atomic E-state index is 12.2. The van der Waals surface area contributed by atoms with Gasteiger partial charge in [-0.05, 0) is 39.3 Å². The Morgan fingerprint density at radius 2 is 1.78 bits per heavy atom. The van der Waals surface area contributed by atoms with Crippen molar-refractivity contribution >= 4 is 6.09 Å². The van der Waals surface area contributed by atoms with E-state index in [1.165, 1.54) is 7.11 Å². The second kappa shape index (κ2) is 6.77. The van der Waals surface area contributed by atoms with Gasteiger partial charge in [-0.25, -0.2) is 4.79 Å². The topological polar surface area (TPSA) is 60.7 Å². The average Bonchev–Trinajstić information content (AvgIpc) is 2.92. The predicted octanol–water partition coefficient (Wildman–Crippen LogP) is 4.21. The predicted molar refractivity (Wildman–Crippen MR) is 87.7 cm³/mol. The molecule has 0 bridgehead atoms. The van der Waals surface area contributed by atoms with Gasteiger partial charge in [-0.3, -0.25) is 0 Å². The Bertz CT molecular complexity index is 652. The fraction of sp³-hybridized carbons (Fsp3) is 0.389. The van der Waals surface area contributed by atoms with Gasteiger partial charge in [0.05, 0.1) is 7.11 Å². The van der Waals surface area contributed by atoms with Crippen molar-refractivity contribution in [2.75, 3.05) is 7.11 Å². The number of amides is 1. The molecular formula is C18H23NO4. The molecule has 23 heavy (non-hydrogen) atoms. The molecule has 0 aliphatic carbocycles. The number of furan rings is 1. The van der Waals surface area contributed by atoms with Crippen LogP contribution in [0.4, 0.5) is 4.79 Å². The Balaban J connectivity index is 2.27. The summed E-state index contributed by atoms with van der Waals surface area (Å²) >= 11 is 0. The normalized spacial score (nSPS) is 12.6. The first kappa shape index (κ1) is 16.9. The molecule has 0 aliphatic rings. The number of hydrogen-bond acceptors (Lipinski definition) is 4. The molecule has 0 saturated heterocycles. The molecule has 1 aromatic heterocycles.